The number of amides is 1. The van der Waals surface area contributed by atoms with Crippen molar-refractivity contribution in [2.24, 2.45) is 0 Å². The molecule has 0 unspecified atom stereocenters. The van der Waals surface area contributed by atoms with Crippen LogP contribution in [0.1, 0.15) is 30.9 Å². The lowest BCUT2D eigenvalue weighted by atomic mass is 10.0. The highest BCUT2D eigenvalue weighted by Crippen LogP contribution is 2.31. The quantitative estimate of drug-likeness (QED) is 0.620. The molecule has 1 N–H and O–H groups in total. The molecule has 1 aromatic carbocycles. The maximum absolute atomic E-state index is 13.9. The maximum atomic E-state index is 13.9. The summed E-state index contributed by atoms with van der Waals surface area (Å²) in [7, 11) is 0. The Balaban J connectivity index is 1.90. The average molecular weight is 364 g/mol. The van der Waals surface area contributed by atoms with E-state index in [0.29, 0.717) is 36.1 Å². The lowest BCUT2D eigenvalue weighted by Gasteiger charge is -2.21. The van der Waals surface area contributed by atoms with Crippen LogP contribution in [-0.2, 0) is 11.3 Å². The average Bonchev–Trinajstić information content (AvgIpc) is 2.69. The van der Waals surface area contributed by atoms with Crippen molar-refractivity contribution < 1.29 is 9.18 Å². The fraction of sp³-hybridized carbons (Fsp3) is 0.190. The number of hydrogen-bond acceptors (Lipinski definition) is 4. The SMILES string of the molecule is CC(C)c1ccc(N(C=O)c2cc(F)cnc2NCc2ccncc2)cc1. The van der Waals surface area contributed by atoms with E-state index in [-0.39, 0.29) is 0 Å². The van der Waals surface area contributed by atoms with Gasteiger partial charge in [0.1, 0.15) is 5.82 Å². The van der Waals surface area contributed by atoms with Crippen molar-refractivity contribution in [3.63, 3.8) is 0 Å². The fourth-order valence-electron chi connectivity index (χ4n) is 2.71. The van der Waals surface area contributed by atoms with Crippen LogP contribution >= 0.6 is 0 Å². The molecule has 0 fully saturated rings. The summed E-state index contributed by atoms with van der Waals surface area (Å²) in [5.74, 6) is 0.301. The van der Waals surface area contributed by atoms with Gasteiger partial charge in [0.25, 0.3) is 0 Å². The first-order chi connectivity index (χ1) is 13.1. The van der Waals surface area contributed by atoms with Crippen molar-refractivity contribution >= 4 is 23.6 Å². The van der Waals surface area contributed by atoms with Crippen molar-refractivity contribution in [3.8, 4) is 0 Å². The Labute approximate surface area is 157 Å². The molecule has 2 aromatic heterocycles. The molecular formula is C21H21FN4O. The number of rotatable bonds is 7. The predicted octanol–water partition coefficient (Wildman–Crippen LogP) is 4.65. The van der Waals surface area contributed by atoms with E-state index >= 15 is 0 Å². The Morgan fingerprint density at radius 2 is 1.85 bits per heavy atom. The van der Waals surface area contributed by atoms with Crippen LogP contribution in [0.15, 0.2) is 61.1 Å². The topological polar surface area (TPSA) is 58.1 Å². The smallest absolute Gasteiger partial charge is 0.218 e. The highest BCUT2D eigenvalue weighted by atomic mass is 19.1. The van der Waals surface area contributed by atoms with Gasteiger partial charge < -0.3 is 5.32 Å². The van der Waals surface area contributed by atoms with E-state index in [1.54, 1.807) is 12.4 Å². The molecule has 0 aliphatic carbocycles. The molecule has 3 rings (SSSR count). The zero-order chi connectivity index (χ0) is 19.2. The van der Waals surface area contributed by atoms with E-state index in [1.807, 2.05) is 36.4 Å². The highest BCUT2D eigenvalue weighted by Gasteiger charge is 2.16. The molecule has 0 spiro atoms. The van der Waals surface area contributed by atoms with Crippen LogP contribution in [0.25, 0.3) is 0 Å². The van der Waals surface area contributed by atoms with E-state index in [4.69, 9.17) is 0 Å². The number of halogens is 1. The van der Waals surface area contributed by atoms with E-state index in [9.17, 15) is 9.18 Å². The third-order valence-corrected chi connectivity index (χ3v) is 4.25. The molecule has 1 amide bonds. The molecule has 0 saturated carbocycles. The number of benzene rings is 1. The third kappa shape index (κ3) is 4.47. The molecular weight excluding hydrogens is 343 g/mol. The first-order valence-electron chi connectivity index (χ1n) is 8.71. The van der Waals surface area contributed by atoms with E-state index < -0.39 is 5.82 Å². The van der Waals surface area contributed by atoms with Crippen molar-refractivity contribution in [2.45, 2.75) is 26.3 Å². The number of anilines is 3. The number of nitrogens with zero attached hydrogens (tertiary/aromatic N) is 3. The van der Waals surface area contributed by atoms with Crippen molar-refractivity contribution in [1.82, 2.24) is 9.97 Å². The standard InChI is InChI=1S/C21H21FN4O/c1-15(2)17-3-5-19(6-4-17)26(14-27)20-11-18(22)13-25-21(20)24-12-16-7-9-23-10-8-16/h3-11,13-15H,12H2,1-2H3,(H,24,25). The van der Waals surface area contributed by atoms with Gasteiger partial charge in [-0.1, -0.05) is 26.0 Å². The van der Waals surface area contributed by atoms with Gasteiger partial charge in [0.15, 0.2) is 5.82 Å². The molecule has 0 atom stereocenters. The van der Waals surface area contributed by atoms with Gasteiger partial charge in [-0.05, 0) is 41.3 Å². The Morgan fingerprint density at radius 3 is 2.48 bits per heavy atom. The van der Waals surface area contributed by atoms with Crippen LogP contribution < -0.4 is 10.2 Å². The van der Waals surface area contributed by atoms with E-state index in [0.717, 1.165) is 17.3 Å². The van der Waals surface area contributed by atoms with E-state index in [2.05, 4.69) is 29.1 Å². The summed E-state index contributed by atoms with van der Waals surface area (Å²) in [6.45, 7) is 4.68. The van der Waals surface area contributed by atoms with Gasteiger partial charge in [-0.3, -0.25) is 14.7 Å². The van der Waals surface area contributed by atoms with E-state index in [1.165, 1.54) is 11.0 Å². The predicted molar refractivity (Wildman–Crippen MR) is 104 cm³/mol. The van der Waals surface area contributed by atoms with Gasteiger partial charge in [-0.25, -0.2) is 9.37 Å². The van der Waals surface area contributed by atoms with Gasteiger partial charge in [0, 0.05) is 30.7 Å². The number of nitrogens with one attached hydrogen (secondary N) is 1. The summed E-state index contributed by atoms with van der Waals surface area (Å²) in [5.41, 5.74) is 3.17. The summed E-state index contributed by atoms with van der Waals surface area (Å²) in [6.07, 6.45) is 5.19. The van der Waals surface area contributed by atoms with Gasteiger partial charge >= 0.3 is 0 Å². The molecule has 3 aromatic rings. The summed E-state index contributed by atoms with van der Waals surface area (Å²) in [4.78, 5) is 21.3. The highest BCUT2D eigenvalue weighted by molar-refractivity contribution is 5.90. The minimum atomic E-state index is -0.509. The second-order valence-corrected chi connectivity index (χ2v) is 6.45. The Morgan fingerprint density at radius 1 is 1.15 bits per heavy atom. The maximum Gasteiger partial charge on any atom is 0.218 e. The molecule has 2 heterocycles. The van der Waals surface area contributed by atoms with Crippen molar-refractivity contribution in [1.29, 1.82) is 0 Å². The van der Waals surface area contributed by atoms with Crippen molar-refractivity contribution in [2.75, 3.05) is 10.2 Å². The summed E-state index contributed by atoms with van der Waals surface area (Å²) >= 11 is 0. The first-order valence-corrected chi connectivity index (χ1v) is 8.71. The Bertz CT molecular complexity index is 898. The molecule has 27 heavy (non-hydrogen) atoms. The third-order valence-electron chi connectivity index (χ3n) is 4.25. The largest absolute Gasteiger partial charge is 0.364 e. The first kappa shape index (κ1) is 18.5. The Hall–Kier alpha value is -3.28. The van der Waals surface area contributed by atoms with Crippen LogP contribution in [0.4, 0.5) is 21.6 Å². The fourth-order valence-corrected chi connectivity index (χ4v) is 2.71. The van der Waals surface area contributed by atoms with Crippen LogP contribution in [-0.4, -0.2) is 16.4 Å². The van der Waals surface area contributed by atoms with Gasteiger partial charge in [0.2, 0.25) is 6.41 Å². The minimum Gasteiger partial charge on any atom is -0.364 e. The van der Waals surface area contributed by atoms with Gasteiger partial charge in [-0.15, -0.1) is 0 Å². The second-order valence-electron chi connectivity index (χ2n) is 6.45. The second kappa shape index (κ2) is 8.40. The Kier molecular flexibility index (Phi) is 5.76. The summed E-state index contributed by atoms with van der Waals surface area (Å²) < 4.78 is 13.9. The summed E-state index contributed by atoms with van der Waals surface area (Å²) in [6, 6.07) is 12.7. The molecule has 0 saturated heterocycles. The zero-order valence-electron chi connectivity index (χ0n) is 15.3. The van der Waals surface area contributed by atoms with Crippen LogP contribution in [0.5, 0.6) is 0 Å². The monoisotopic (exact) mass is 364 g/mol. The van der Waals surface area contributed by atoms with Crippen LogP contribution in [0, 0.1) is 5.82 Å². The number of aromatic nitrogens is 2. The van der Waals surface area contributed by atoms with Crippen molar-refractivity contribution in [3.05, 3.63) is 78.0 Å². The van der Waals surface area contributed by atoms with Crippen LogP contribution in [0.2, 0.25) is 0 Å². The van der Waals surface area contributed by atoms with Gasteiger partial charge in [0.05, 0.1) is 11.9 Å². The molecule has 0 bridgehead atoms. The lowest BCUT2D eigenvalue weighted by Crippen LogP contribution is -2.17. The molecule has 138 valence electrons. The molecule has 6 heteroatoms. The lowest BCUT2D eigenvalue weighted by molar-refractivity contribution is -0.106. The summed E-state index contributed by atoms with van der Waals surface area (Å²) in [5, 5.41) is 3.16. The van der Waals surface area contributed by atoms with Gasteiger partial charge in [-0.2, -0.15) is 0 Å². The number of pyridine rings is 2. The van der Waals surface area contributed by atoms with Crippen LogP contribution in [0.3, 0.4) is 0 Å². The normalized spacial score (nSPS) is 10.7. The molecule has 5 nitrogen and oxygen atoms in total. The molecule has 0 aliphatic heterocycles. The minimum absolute atomic E-state index is 0.358. The molecule has 0 aliphatic rings. The number of carbonyl (C=O) groups is 1. The molecule has 0 radical (unpaired) electrons. The number of carbonyl (C=O) groups excluding carboxylic acids is 1. The number of hydrogen-bond donors (Lipinski definition) is 1. The zero-order valence-corrected chi connectivity index (χ0v) is 15.3.